The minimum atomic E-state index is -5.17. The van der Waals surface area contributed by atoms with Crippen molar-refractivity contribution in [1.29, 1.82) is 5.41 Å². The summed E-state index contributed by atoms with van der Waals surface area (Å²) < 4.78 is 103. The molecular formula is CH3Au2N2NaO12S3. The largest absolute Gasteiger partial charge is 3.00 e. The second kappa shape index (κ2) is 17.9. The summed E-state index contributed by atoms with van der Waals surface area (Å²) in [5.74, 6) is 0. The Bertz CT molecular complexity index is 438. The van der Waals surface area contributed by atoms with E-state index < -0.39 is 31.2 Å². The van der Waals surface area contributed by atoms with Crippen molar-refractivity contribution in [2.75, 3.05) is 0 Å². The van der Waals surface area contributed by atoms with E-state index in [0.717, 1.165) is 0 Å². The third-order valence-electron chi connectivity index (χ3n) is 0. The summed E-state index contributed by atoms with van der Waals surface area (Å²) in [5, 5.41) is 6.34. The predicted octanol–water partition coefficient (Wildman–Crippen LogP) is -4.97. The van der Waals surface area contributed by atoms with Gasteiger partial charge in [-0.05, 0) is 0 Å². The van der Waals surface area contributed by atoms with Gasteiger partial charge in [0.05, 0.1) is 0 Å². The molecule has 0 aromatic rings. The first-order valence-electron chi connectivity index (χ1n) is 3.04. The molecule has 130 valence electrons. The van der Waals surface area contributed by atoms with Crippen LogP contribution in [0.4, 0.5) is 0 Å². The first kappa shape index (κ1) is 38.2. The van der Waals surface area contributed by atoms with Crippen LogP contribution in [0, 0.1) is 5.41 Å². The molecule has 0 aliphatic carbocycles. The molecular weight excluding hydrogens is 745 g/mol. The minimum absolute atomic E-state index is 0. The van der Waals surface area contributed by atoms with Gasteiger partial charge in [0, 0.05) is 31.2 Å². The molecule has 0 aromatic carbocycles. The Kier molecular flexibility index (Phi) is 32.6. The van der Waals surface area contributed by atoms with Crippen molar-refractivity contribution < 1.29 is 97.3 Å². The summed E-state index contributed by atoms with van der Waals surface area (Å²) in [5.41, 5.74) is 4.76. The second-order valence-corrected chi connectivity index (χ2v) is 5.43. The molecule has 0 saturated heterocycles. The van der Waals surface area contributed by atoms with Gasteiger partial charge in [0.15, 0.2) is 0 Å². The molecule has 0 unspecified atom stereocenters. The molecule has 0 rings (SSSR count). The summed E-state index contributed by atoms with van der Waals surface area (Å²) in [7, 11) is -15.5. The van der Waals surface area contributed by atoms with Crippen molar-refractivity contribution in [1.82, 2.24) is 0 Å². The van der Waals surface area contributed by atoms with E-state index in [9.17, 15) is 0 Å². The van der Waals surface area contributed by atoms with Gasteiger partial charge in [0.2, 0.25) is 0 Å². The van der Waals surface area contributed by atoms with Crippen LogP contribution in [0.5, 0.6) is 0 Å². The van der Waals surface area contributed by atoms with Gasteiger partial charge in [0.25, 0.3) is 0 Å². The summed E-state index contributed by atoms with van der Waals surface area (Å²) in [6, 6.07) is 0. The SMILES string of the molecule is N=[C](N)[Na].O=S(=O)([O-])[O-].O=S(=O)([O-])[O-].O=S(=O)([O-])[O-].[Au+3].[Au+3]. The van der Waals surface area contributed by atoms with Crippen molar-refractivity contribution in [2.24, 2.45) is 5.73 Å². The molecule has 21 heavy (non-hydrogen) atoms. The van der Waals surface area contributed by atoms with Crippen LogP contribution < -0.4 is 5.73 Å². The normalized spacial score (nSPS) is 9.52. The summed E-state index contributed by atoms with van der Waals surface area (Å²) in [6.45, 7) is 0. The van der Waals surface area contributed by atoms with E-state index >= 15 is 0 Å². The molecule has 0 aliphatic heterocycles. The summed E-state index contributed by atoms with van der Waals surface area (Å²) >= 11 is 0.710. The number of hydrogen-bond donors (Lipinski definition) is 2. The van der Waals surface area contributed by atoms with Gasteiger partial charge in [-0.3, -0.25) is 25.3 Å². The van der Waals surface area contributed by atoms with E-state index in [0.29, 0.717) is 31.0 Å². The van der Waals surface area contributed by atoms with E-state index in [1.165, 1.54) is 0 Å². The van der Waals surface area contributed by atoms with Crippen molar-refractivity contribution >= 4 is 62.2 Å². The van der Waals surface area contributed by atoms with Crippen molar-refractivity contribution in [3.8, 4) is 0 Å². The average Bonchev–Trinajstić information content (AvgIpc) is 1.66. The number of nitrogens with one attached hydrogen (secondary N) is 1. The molecule has 0 atom stereocenters. The zero-order valence-electron chi connectivity index (χ0n) is 9.30. The van der Waals surface area contributed by atoms with Crippen LogP contribution in [-0.2, 0) is 76.0 Å². The van der Waals surface area contributed by atoms with E-state index in [-0.39, 0.29) is 44.8 Å². The fourth-order valence-corrected chi connectivity index (χ4v) is 0. The smallest absolute Gasteiger partial charge is 0.759 e. The molecule has 0 saturated carbocycles. The van der Waals surface area contributed by atoms with Crippen molar-refractivity contribution in [3.05, 3.63) is 0 Å². The topological polar surface area (TPSA) is 291 Å². The molecule has 3 N–H and O–H groups in total. The minimum Gasteiger partial charge on any atom is -0.759 e. The zero-order chi connectivity index (χ0) is 17.1. The Morgan fingerprint density at radius 2 is 0.714 bits per heavy atom. The van der Waals surface area contributed by atoms with Gasteiger partial charge in [-0.25, -0.2) is 0 Å². The van der Waals surface area contributed by atoms with Crippen LogP contribution in [0.1, 0.15) is 0 Å². The van der Waals surface area contributed by atoms with Crippen LogP contribution in [-0.4, -0.2) is 83.6 Å². The van der Waals surface area contributed by atoms with Crippen LogP contribution in [0.25, 0.3) is 0 Å². The van der Waals surface area contributed by atoms with Gasteiger partial charge >= 0.3 is 86.9 Å². The van der Waals surface area contributed by atoms with E-state index in [1.54, 1.807) is 0 Å². The van der Waals surface area contributed by atoms with Crippen LogP contribution in [0.2, 0.25) is 0 Å². The molecule has 0 radical (unpaired) electrons. The molecule has 20 heteroatoms. The Morgan fingerprint density at radius 1 is 0.714 bits per heavy atom. The fraction of sp³-hybridized carbons (Fsp3) is 0. The molecule has 14 nitrogen and oxygen atoms in total. The molecule has 0 heterocycles. The van der Waals surface area contributed by atoms with Gasteiger partial charge in [-0.15, -0.1) is 0 Å². The standard InChI is InChI=1S/CH3N2.2Au.Na.3H2O4S/c2-1-3;;;;3*1-5(2,3)4/h(H3,2,3);;;;3*(H2,1,2,3,4)/q;2*+3;;;;/p-6. The third-order valence-corrected chi connectivity index (χ3v) is 0. The summed E-state index contributed by atoms with van der Waals surface area (Å²) in [4.78, 5) is 0. The maximum atomic E-state index is 8.52. The summed E-state index contributed by atoms with van der Waals surface area (Å²) in [6.07, 6.45) is 0. The van der Waals surface area contributed by atoms with Crippen LogP contribution in [0.15, 0.2) is 0 Å². The average molecular weight is 748 g/mol. The molecule has 0 aromatic heterocycles. The fourth-order valence-electron chi connectivity index (χ4n) is 0. The molecule has 0 spiro atoms. The molecule has 0 fully saturated rings. The predicted molar refractivity (Wildman–Crippen MR) is 49.1 cm³/mol. The molecule has 0 bridgehead atoms. The van der Waals surface area contributed by atoms with Crippen LogP contribution >= 0.6 is 0 Å². The van der Waals surface area contributed by atoms with Crippen molar-refractivity contribution in [3.63, 3.8) is 0 Å². The quantitative estimate of drug-likeness (QED) is 0.0773. The third kappa shape index (κ3) is 3390. The Balaban J connectivity index is -0.0000000347. The zero-order valence-corrected chi connectivity index (χ0v) is 18.1. The maximum absolute atomic E-state index is 8.52. The van der Waals surface area contributed by atoms with Gasteiger partial charge in [-0.2, -0.15) is 0 Å². The monoisotopic (exact) mass is 748 g/mol. The Hall–Kier alpha value is 1.56. The van der Waals surface area contributed by atoms with Gasteiger partial charge in [0.1, 0.15) is 0 Å². The Morgan fingerprint density at radius 3 is 0.714 bits per heavy atom. The molecule has 0 aliphatic rings. The number of hydrogen-bond acceptors (Lipinski definition) is 13. The molecule has 0 amide bonds. The van der Waals surface area contributed by atoms with Crippen molar-refractivity contribution in [2.45, 2.75) is 0 Å². The van der Waals surface area contributed by atoms with E-state index in [2.05, 4.69) is 0 Å². The van der Waals surface area contributed by atoms with Gasteiger partial charge in [-0.1, -0.05) is 0 Å². The number of rotatable bonds is 0. The number of nitrogens with two attached hydrogens (primary N) is 1. The first-order chi connectivity index (χ1) is 7.73. The van der Waals surface area contributed by atoms with Crippen LogP contribution in [0.3, 0.4) is 0 Å². The van der Waals surface area contributed by atoms with E-state index in [4.69, 9.17) is 63.7 Å². The maximum Gasteiger partial charge on any atom is 3.00 e. The van der Waals surface area contributed by atoms with Gasteiger partial charge < -0.3 is 27.3 Å². The Labute approximate surface area is 168 Å². The first-order valence-corrected chi connectivity index (χ1v) is 8.04. The number of amidine groups is 1. The van der Waals surface area contributed by atoms with E-state index in [1.807, 2.05) is 0 Å². The second-order valence-electron chi connectivity index (χ2n) is 1.91.